The lowest BCUT2D eigenvalue weighted by Gasteiger charge is -1.83. The highest BCUT2D eigenvalue weighted by Crippen LogP contribution is 2.00. The minimum atomic E-state index is 0.684. The van der Waals surface area contributed by atoms with Gasteiger partial charge in [0.25, 0.3) is 0 Å². The first kappa shape index (κ1) is 5.65. The van der Waals surface area contributed by atoms with Crippen LogP contribution in [0.1, 0.15) is 4.88 Å². The molecule has 4 heteroatoms. The zero-order valence-electron chi connectivity index (χ0n) is 4.37. The molecule has 0 atom stereocenters. The van der Waals surface area contributed by atoms with Gasteiger partial charge in [-0.05, 0) is 24.5 Å². The molecule has 0 bridgehead atoms. The Bertz CT molecular complexity index is 137. The van der Waals surface area contributed by atoms with E-state index < -0.39 is 0 Å². The second-order valence-corrected chi connectivity index (χ2v) is 2.29. The molecule has 0 saturated heterocycles. The summed E-state index contributed by atoms with van der Waals surface area (Å²) in [6.07, 6.45) is 2.65. The second-order valence-electron chi connectivity index (χ2n) is 1.42. The molecule has 0 aliphatic heterocycles. The molecule has 0 amide bonds. The molecule has 8 heavy (non-hydrogen) atoms. The van der Waals surface area contributed by atoms with Crippen molar-refractivity contribution in [2.45, 2.75) is 6.42 Å². The standard InChI is InChI=1S/C4H7N3S/c5-2-1-4-3-6-7-8-4/h3H,1-2,5H2. The molecule has 1 rings (SSSR count). The highest BCUT2D eigenvalue weighted by atomic mass is 32.1. The molecular weight excluding hydrogens is 122 g/mol. The van der Waals surface area contributed by atoms with Gasteiger partial charge in [-0.1, -0.05) is 4.49 Å². The monoisotopic (exact) mass is 129 g/mol. The van der Waals surface area contributed by atoms with E-state index in [1.54, 1.807) is 6.20 Å². The molecule has 0 aliphatic rings. The van der Waals surface area contributed by atoms with E-state index >= 15 is 0 Å². The number of nitrogens with zero attached hydrogens (tertiary/aromatic N) is 2. The summed E-state index contributed by atoms with van der Waals surface area (Å²) in [5, 5.41) is 3.65. The zero-order chi connectivity index (χ0) is 5.82. The van der Waals surface area contributed by atoms with Crippen molar-refractivity contribution in [3.8, 4) is 0 Å². The Morgan fingerprint density at radius 2 is 2.62 bits per heavy atom. The van der Waals surface area contributed by atoms with Gasteiger partial charge in [-0.3, -0.25) is 0 Å². The van der Waals surface area contributed by atoms with Gasteiger partial charge in [0.15, 0.2) is 0 Å². The summed E-state index contributed by atoms with van der Waals surface area (Å²) < 4.78 is 3.68. The molecule has 3 nitrogen and oxygen atoms in total. The molecule has 0 fully saturated rings. The SMILES string of the molecule is NCCc1cnns1. The largest absolute Gasteiger partial charge is 0.330 e. The summed E-state index contributed by atoms with van der Waals surface area (Å²) >= 11 is 1.41. The van der Waals surface area contributed by atoms with Gasteiger partial charge in [0.2, 0.25) is 0 Å². The Hall–Kier alpha value is -0.480. The Kier molecular flexibility index (Phi) is 1.93. The van der Waals surface area contributed by atoms with Crippen LogP contribution in [0.25, 0.3) is 0 Å². The van der Waals surface area contributed by atoms with Gasteiger partial charge in [0.05, 0.1) is 6.20 Å². The van der Waals surface area contributed by atoms with E-state index in [9.17, 15) is 0 Å². The first-order chi connectivity index (χ1) is 3.93. The lowest BCUT2D eigenvalue weighted by Crippen LogP contribution is -2.00. The summed E-state index contributed by atoms with van der Waals surface area (Å²) in [7, 11) is 0. The van der Waals surface area contributed by atoms with Gasteiger partial charge >= 0.3 is 0 Å². The predicted octanol–water partition coefficient (Wildman–Crippen LogP) is 0.0393. The smallest absolute Gasteiger partial charge is 0.0653 e. The van der Waals surface area contributed by atoms with E-state index in [1.165, 1.54) is 11.5 Å². The molecule has 0 spiro atoms. The molecule has 0 saturated carbocycles. The van der Waals surface area contributed by atoms with Crippen LogP contribution in [0.3, 0.4) is 0 Å². The molecule has 2 N–H and O–H groups in total. The van der Waals surface area contributed by atoms with Gasteiger partial charge in [-0.25, -0.2) is 0 Å². The number of nitrogens with two attached hydrogens (primary N) is 1. The van der Waals surface area contributed by atoms with Crippen LogP contribution in [0.2, 0.25) is 0 Å². The van der Waals surface area contributed by atoms with Gasteiger partial charge < -0.3 is 5.73 Å². The van der Waals surface area contributed by atoms with Crippen LogP contribution in [-0.2, 0) is 6.42 Å². The van der Waals surface area contributed by atoms with Crippen molar-refractivity contribution < 1.29 is 0 Å². The molecule has 0 radical (unpaired) electrons. The molecule has 1 aromatic rings. The predicted molar refractivity (Wildman–Crippen MR) is 32.7 cm³/mol. The third kappa shape index (κ3) is 1.24. The first-order valence-electron chi connectivity index (χ1n) is 2.40. The molecule has 0 aliphatic carbocycles. The third-order valence-corrected chi connectivity index (χ3v) is 1.52. The van der Waals surface area contributed by atoms with Crippen molar-refractivity contribution in [3.63, 3.8) is 0 Å². The fourth-order valence-electron chi connectivity index (χ4n) is 0.440. The van der Waals surface area contributed by atoms with Crippen molar-refractivity contribution >= 4 is 11.5 Å². The van der Waals surface area contributed by atoms with E-state index in [2.05, 4.69) is 9.59 Å². The Morgan fingerprint density at radius 3 is 3.12 bits per heavy atom. The highest BCUT2D eigenvalue weighted by molar-refractivity contribution is 7.05. The summed E-state index contributed by atoms with van der Waals surface area (Å²) in [5.41, 5.74) is 5.27. The van der Waals surface area contributed by atoms with E-state index in [1.807, 2.05) is 0 Å². The summed E-state index contributed by atoms with van der Waals surface area (Å²) in [4.78, 5) is 1.16. The van der Waals surface area contributed by atoms with Gasteiger partial charge in [-0.2, -0.15) is 0 Å². The van der Waals surface area contributed by atoms with Gasteiger partial charge in [0, 0.05) is 4.88 Å². The van der Waals surface area contributed by atoms with Crippen LogP contribution >= 0.6 is 11.5 Å². The lowest BCUT2D eigenvalue weighted by atomic mass is 10.4. The maximum absolute atomic E-state index is 5.27. The number of rotatable bonds is 2. The average Bonchev–Trinajstić information content (AvgIpc) is 2.19. The fourth-order valence-corrected chi connectivity index (χ4v) is 0.943. The Labute approximate surface area is 51.7 Å². The number of hydrogen-bond donors (Lipinski definition) is 1. The van der Waals surface area contributed by atoms with Gasteiger partial charge in [0.1, 0.15) is 0 Å². The minimum absolute atomic E-state index is 0.684. The van der Waals surface area contributed by atoms with E-state index in [0.29, 0.717) is 6.54 Å². The molecule has 1 heterocycles. The van der Waals surface area contributed by atoms with Crippen LogP contribution < -0.4 is 5.73 Å². The molecule has 0 unspecified atom stereocenters. The zero-order valence-corrected chi connectivity index (χ0v) is 5.19. The lowest BCUT2D eigenvalue weighted by molar-refractivity contribution is 0.982. The van der Waals surface area contributed by atoms with Crippen molar-refractivity contribution in [3.05, 3.63) is 11.1 Å². The number of aromatic nitrogens is 2. The van der Waals surface area contributed by atoms with Crippen LogP contribution in [0.15, 0.2) is 6.20 Å². The normalized spacial score (nSPS) is 9.62. The fraction of sp³-hybridized carbons (Fsp3) is 0.500. The Morgan fingerprint density at radius 1 is 1.75 bits per heavy atom. The molecule has 1 aromatic heterocycles. The quantitative estimate of drug-likeness (QED) is 0.613. The van der Waals surface area contributed by atoms with Crippen LogP contribution in [0.4, 0.5) is 0 Å². The van der Waals surface area contributed by atoms with E-state index in [4.69, 9.17) is 5.73 Å². The van der Waals surface area contributed by atoms with E-state index in [-0.39, 0.29) is 0 Å². The number of hydrogen-bond acceptors (Lipinski definition) is 4. The maximum Gasteiger partial charge on any atom is 0.0653 e. The van der Waals surface area contributed by atoms with Crippen LogP contribution in [0, 0.1) is 0 Å². The van der Waals surface area contributed by atoms with Gasteiger partial charge in [-0.15, -0.1) is 5.10 Å². The summed E-state index contributed by atoms with van der Waals surface area (Å²) in [6.45, 7) is 0.684. The summed E-state index contributed by atoms with van der Waals surface area (Å²) in [6, 6.07) is 0. The van der Waals surface area contributed by atoms with Crippen molar-refractivity contribution in [1.82, 2.24) is 9.59 Å². The summed E-state index contributed by atoms with van der Waals surface area (Å²) in [5.74, 6) is 0. The van der Waals surface area contributed by atoms with Crippen LogP contribution in [-0.4, -0.2) is 16.1 Å². The van der Waals surface area contributed by atoms with Crippen molar-refractivity contribution in [2.24, 2.45) is 5.73 Å². The van der Waals surface area contributed by atoms with E-state index in [0.717, 1.165) is 11.3 Å². The third-order valence-electron chi connectivity index (χ3n) is 0.798. The maximum atomic E-state index is 5.27. The highest BCUT2D eigenvalue weighted by Gasteiger charge is 1.90. The molecular formula is C4H7N3S. The average molecular weight is 129 g/mol. The minimum Gasteiger partial charge on any atom is -0.330 e. The Balaban J connectivity index is 2.50. The first-order valence-corrected chi connectivity index (χ1v) is 3.17. The van der Waals surface area contributed by atoms with Crippen molar-refractivity contribution in [1.29, 1.82) is 0 Å². The van der Waals surface area contributed by atoms with Crippen molar-refractivity contribution in [2.75, 3.05) is 6.54 Å². The second kappa shape index (κ2) is 2.74. The van der Waals surface area contributed by atoms with Crippen LogP contribution in [0.5, 0.6) is 0 Å². The molecule has 44 valence electrons. The topological polar surface area (TPSA) is 51.8 Å². The molecule has 0 aromatic carbocycles.